The van der Waals surface area contributed by atoms with E-state index in [2.05, 4.69) is 11.8 Å². The van der Waals surface area contributed by atoms with E-state index in [9.17, 15) is 15.2 Å². The molecule has 0 amide bonds. The average molecular weight is 256 g/mol. The second-order valence-corrected chi connectivity index (χ2v) is 5.52. The molecule has 0 aromatic carbocycles. The maximum absolute atomic E-state index is 11.0. The Labute approximate surface area is 104 Å². The van der Waals surface area contributed by atoms with Crippen molar-refractivity contribution in [1.29, 1.82) is 0 Å². The minimum absolute atomic E-state index is 0.125. The van der Waals surface area contributed by atoms with Crippen LogP contribution in [0.25, 0.3) is 0 Å². The third kappa shape index (κ3) is 2.28. The summed E-state index contributed by atoms with van der Waals surface area (Å²) >= 11 is 1.33. The summed E-state index contributed by atoms with van der Waals surface area (Å²) in [4.78, 5) is 13.4. The molecule has 0 spiro atoms. The number of hydrogen-bond acceptors (Lipinski definition) is 5. The second-order valence-electron chi connectivity index (χ2n) is 4.46. The zero-order valence-electron chi connectivity index (χ0n) is 9.92. The van der Waals surface area contributed by atoms with Gasteiger partial charge in [-0.15, -0.1) is 11.3 Å². The smallest absolute Gasteiger partial charge is 0.304 e. The highest BCUT2D eigenvalue weighted by molar-refractivity contribution is 7.16. The molecule has 0 saturated carbocycles. The third-order valence-corrected chi connectivity index (χ3v) is 4.47. The summed E-state index contributed by atoms with van der Waals surface area (Å²) in [6, 6.07) is 1.84. The number of anilines is 1. The van der Waals surface area contributed by atoms with Crippen LogP contribution in [-0.4, -0.2) is 22.6 Å². The van der Waals surface area contributed by atoms with Crippen molar-refractivity contribution in [2.75, 3.05) is 11.4 Å². The molecule has 6 heteroatoms. The summed E-state index contributed by atoms with van der Waals surface area (Å²) in [6.45, 7) is 4.58. The molecule has 17 heavy (non-hydrogen) atoms. The Bertz CT molecular complexity index is 430. The largest absolute Gasteiger partial charge is 0.388 e. The standard InChI is InChI=1S/C11H16N2O3S/c1-7-4-3-5-12(7)11-9(13(15)16)6-10(17-11)8(2)14/h6-8,14H,3-5H2,1-2H3/t7?,8-/m0/s1. The van der Waals surface area contributed by atoms with E-state index in [0.717, 1.165) is 19.4 Å². The van der Waals surface area contributed by atoms with Gasteiger partial charge in [-0.05, 0) is 26.7 Å². The molecule has 0 bridgehead atoms. The lowest BCUT2D eigenvalue weighted by atomic mass is 10.2. The van der Waals surface area contributed by atoms with Crippen molar-refractivity contribution in [3.63, 3.8) is 0 Å². The van der Waals surface area contributed by atoms with E-state index >= 15 is 0 Å². The minimum Gasteiger partial charge on any atom is -0.388 e. The van der Waals surface area contributed by atoms with E-state index in [1.807, 2.05) is 0 Å². The fraction of sp³-hybridized carbons (Fsp3) is 0.636. The van der Waals surface area contributed by atoms with Crippen molar-refractivity contribution in [1.82, 2.24) is 0 Å². The molecule has 94 valence electrons. The molecule has 2 atom stereocenters. The quantitative estimate of drug-likeness (QED) is 0.667. The van der Waals surface area contributed by atoms with E-state index in [1.165, 1.54) is 17.4 Å². The molecule has 1 aromatic rings. The van der Waals surface area contributed by atoms with E-state index in [1.54, 1.807) is 6.92 Å². The van der Waals surface area contributed by atoms with E-state index in [4.69, 9.17) is 0 Å². The van der Waals surface area contributed by atoms with Gasteiger partial charge in [0, 0.05) is 23.5 Å². The Morgan fingerprint density at radius 3 is 2.88 bits per heavy atom. The Morgan fingerprint density at radius 1 is 1.71 bits per heavy atom. The molecular formula is C11H16N2O3S. The van der Waals surface area contributed by atoms with Crippen LogP contribution in [0.1, 0.15) is 37.7 Å². The highest BCUT2D eigenvalue weighted by Crippen LogP contribution is 2.42. The third-order valence-electron chi connectivity index (χ3n) is 3.13. The van der Waals surface area contributed by atoms with Gasteiger partial charge in [0.25, 0.3) is 0 Å². The summed E-state index contributed by atoms with van der Waals surface area (Å²) in [5.41, 5.74) is 0.125. The first-order valence-electron chi connectivity index (χ1n) is 5.73. The number of nitrogens with zero attached hydrogens (tertiary/aromatic N) is 2. The fourth-order valence-electron chi connectivity index (χ4n) is 2.17. The molecule has 1 unspecified atom stereocenters. The van der Waals surface area contributed by atoms with Crippen LogP contribution in [0, 0.1) is 10.1 Å². The SMILES string of the molecule is CC1CCCN1c1sc([C@H](C)O)cc1[N+](=O)[O-]. The summed E-state index contributed by atoms with van der Waals surface area (Å²) in [5.74, 6) is 0. The lowest BCUT2D eigenvalue weighted by Gasteiger charge is -2.20. The van der Waals surface area contributed by atoms with Gasteiger partial charge in [0.05, 0.1) is 11.0 Å². The first-order chi connectivity index (χ1) is 8.00. The first-order valence-corrected chi connectivity index (χ1v) is 6.55. The van der Waals surface area contributed by atoms with Crippen LogP contribution in [0.2, 0.25) is 0 Å². The first kappa shape index (κ1) is 12.3. The fourth-order valence-corrected chi connectivity index (χ4v) is 3.36. The van der Waals surface area contributed by atoms with Gasteiger partial charge in [-0.3, -0.25) is 10.1 Å². The van der Waals surface area contributed by atoms with E-state index in [0.29, 0.717) is 15.9 Å². The molecule has 1 fully saturated rings. The second kappa shape index (κ2) is 4.62. The van der Waals surface area contributed by atoms with Crippen LogP contribution in [0.4, 0.5) is 10.7 Å². The molecule has 0 radical (unpaired) electrons. The van der Waals surface area contributed by atoms with Crippen LogP contribution in [0.5, 0.6) is 0 Å². The topological polar surface area (TPSA) is 66.6 Å². The van der Waals surface area contributed by atoms with Gasteiger partial charge in [0.1, 0.15) is 0 Å². The molecule has 0 aliphatic carbocycles. The molecule has 2 heterocycles. The zero-order chi connectivity index (χ0) is 12.6. The number of nitro groups is 1. The van der Waals surface area contributed by atoms with Gasteiger partial charge in [0.2, 0.25) is 0 Å². The van der Waals surface area contributed by atoms with Crippen molar-refractivity contribution in [2.45, 2.75) is 38.8 Å². The van der Waals surface area contributed by atoms with Crippen molar-refractivity contribution < 1.29 is 10.0 Å². The Morgan fingerprint density at radius 2 is 2.41 bits per heavy atom. The van der Waals surface area contributed by atoms with Crippen LogP contribution < -0.4 is 4.90 Å². The Kier molecular flexibility index (Phi) is 3.35. The molecule has 2 rings (SSSR count). The summed E-state index contributed by atoms with van der Waals surface area (Å²) in [5, 5.41) is 21.2. The lowest BCUT2D eigenvalue weighted by Crippen LogP contribution is -2.25. The van der Waals surface area contributed by atoms with Crippen LogP contribution in [0.15, 0.2) is 6.07 Å². The number of aliphatic hydroxyl groups is 1. The molecule has 1 aliphatic heterocycles. The maximum Gasteiger partial charge on any atom is 0.304 e. The highest BCUT2D eigenvalue weighted by atomic mass is 32.1. The normalized spacial score (nSPS) is 21.8. The van der Waals surface area contributed by atoms with Gasteiger partial charge in [-0.1, -0.05) is 0 Å². The van der Waals surface area contributed by atoms with Crippen molar-refractivity contribution in [3.8, 4) is 0 Å². The summed E-state index contributed by atoms with van der Waals surface area (Å²) in [6.07, 6.45) is 1.49. The number of rotatable bonds is 3. The van der Waals surface area contributed by atoms with Crippen LogP contribution >= 0.6 is 11.3 Å². The highest BCUT2D eigenvalue weighted by Gasteiger charge is 2.30. The Hall–Kier alpha value is -1.14. The molecular weight excluding hydrogens is 240 g/mol. The van der Waals surface area contributed by atoms with Gasteiger partial charge in [-0.2, -0.15) is 0 Å². The lowest BCUT2D eigenvalue weighted by molar-refractivity contribution is -0.383. The number of hydrogen-bond donors (Lipinski definition) is 1. The van der Waals surface area contributed by atoms with E-state index < -0.39 is 6.10 Å². The summed E-state index contributed by atoms with van der Waals surface area (Å²) in [7, 11) is 0. The Balaban J connectivity index is 2.40. The van der Waals surface area contributed by atoms with Crippen molar-refractivity contribution in [2.24, 2.45) is 0 Å². The van der Waals surface area contributed by atoms with Crippen LogP contribution in [0.3, 0.4) is 0 Å². The molecule has 5 nitrogen and oxygen atoms in total. The van der Waals surface area contributed by atoms with Crippen LogP contribution in [-0.2, 0) is 0 Å². The van der Waals surface area contributed by atoms with Gasteiger partial charge < -0.3 is 10.0 Å². The average Bonchev–Trinajstić information content (AvgIpc) is 2.82. The number of aliphatic hydroxyl groups excluding tert-OH is 1. The van der Waals surface area contributed by atoms with Gasteiger partial charge in [0.15, 0.2) is 5.00 Å². The number of thiophene rings is 1. The maximum atomic E-state index is 11.0. The molecule has 1 aromatic heterocycles. The molecule has 1 saturated heterocycles. The molecule has 1 N–H and O–H groups in total. The summed E-state index contributed by atoms with van der Waals surface area (Å²) < 4.78 is 0. The monoisotopic (exact) mass is 256 g/mol. The predicted molar refractivity (Wildman–Crippen MR) is 67.6 cm³/mol. The minimum atomic E-state index is -0.648. The van der Waals surface area contributed by atoms with Crippen molar-refractivity contribution in [3.05, 3.63) is 21.1 Å². The van der Waals surface area contributed by atoms with Gasteiger partial charge in [-0.25, -0.2) is 0 Å². The zero-order valence-corrected chi connectivity index (χ0v) is 10.7. The van der Waals surface area contributed by atoms with Gasteiger partial charge >= 0.3 is 5.69 Å². The van der Waals surface area contributed by atoms with E-state index in [-0.39, 0.29) is 10.6 Å². The predicted octanol–water partition coefficient (Wildman–Crippen LogP) is 2.70. The molecule has 1 aliphatic rings. The van der Waals surface area contributed by atoms with Crippen molar-refractivity contribution >= 4 is 22.0 Å².